The van der Waals surface area contributed by atoms with Crippen LogP contribution >= 0.6 is 34.8 Å². The van der Waals surface area contributed by atoms with E-state index in [1.165, 1.54) is 19.2 Å². The molecule has 2 aromatic rings. The first-order valence-corrected chi connectivity index (χ1v) is 11.0. The molecule has 1 N–H and O–H groups in total. The topological polar surface area (TPSA) is 61.9 Å². The van der Waals surface area contributed by atoms with E-state index in [0.29, 0.717) is 41.9 Å². The van der Waals surface area contributed by atoms with E-state index in [-0.39, 0.29) is 28.2 Å². The molecule has 0 unspecified atom stereocenters. The molecule has 2 aromatic carbocycles. The Morgan fingerprint density at radius 2 is 1.68 bits per heavy atom. The Morgan fingerprint density at radius 1 is 1.00 bits per heavy atom. The van der Waals surface area contributed by atoms with E-state index in [1.807, 2.05) is 24.8 Å². The molecule has 0 aromatic heterocycles. The number of methoxy groups -OCH3 is 1. The lowest BCUT2D eigenvalue weighted by Gasteiger charge is -2.37. The van der Waals surface area contributed by atoms with Gasteiger partial charge in [0.2, 0.25) is 5.91 Å². The first-order chi connectivity index (χ1) is 14.7. The van der Waals surface area contributed by atoms with Crippen LogP contribution in [0.5, 0.6) is 5.75 Å². The van der Waals surface area contributed by atoms with Gasteiger partial charge in [-0.15, -0.1) is 0 Å². The summed E-state index contributed by atoms with van der Waals surface area (Å²) >= 11 is 18.7. The fraction of sp³-hybridized carbons (Fsp3) is 0.364. The van der Waals surface area contributed by atoms with Gasteiger partial charge in [0.15, 0.2) is 0 Å². The van der Waals surface area contributed by atoms with Gasteiger partial charge in [0, 0.05) is 42.8 Å². The molecule has 0 saturated carbocycles. The fourth-order valence-electron chi connectivity index (χ4n) is 3.51. The van der Waals surface area contributed by atoms with Gasteiger partial charge < -0.3 is 19.9 Å². The van der Waals surface area contributed by atoms with Crippen molar-refractivity contribution in [2.24, 2.45) is 5.92 Å². The van der Waals surface area contributed by atoms with Crippen LogP contribution in [-0.2, 0) is 4.79 Å². The van der Waals surface area contributed by atoms with Gasteiger partial charge in [0.1, 0.15) is 5.75 Å². The zero-order valence-electron chi connectivity index (χ0n) is 17.5. The van der Waals surface area contributed by atoms with Crippen molar-refractivity contribution in [1.29, 1.82) is 0 Å². The van der Waals surface area contributed by atoms with Gasteiger partial charge in [-0.05, 0) is 30.3 Å². The quantitative estimate of drug-likeness (QED) is 0.633. The van der Waals surface area contributed by atoms with Gasteiger partial charge >= 0.3 is 0 Å². The molecule has 1 fully saturated rings. The third-order valence-electron chi connectivity index (χ3n) is 5.09. The second-order valence-corrected chi connectivity index (χ2v) is 8.81. The number of rotatable bonds is 5. The van der Waals surface area contributed by atoms with Crippen molar-refractivity contribution in [2.75, 3.05) is 43.5 Å². The lowest BCUT2D eigenvalue weighted by molar-refractivity contribution is -0.134. The summed E-state index contributed by atoms with van der Waals surface area (Å²) in [5.41, 5.74) is 1.62. The van der Waals surface area contributed by atoms with Gasteiger partial charge in [-0.25, -0.2) is 0 Å². The third kappa shape index (κ3) is 5.37. The Morgan fingerprint density at radius 3 is 2.26 bits per heavy atom. The molecule has 9 heteroatoms. The van der Waals surface area contributed by atoms with Crippen LogP contribution in [-0.4, -0.2) is 50.0 Å². The Kier molecular flexibility index (Phi) is 7.57. The number of anilines is 2. The number of hydrogen-bond acceptors (Lipinski definition) is 4. The van der Waals surface area contributed by atoms with E-state index >= 15 is 0 Å². The Hall–Kier alpha value is -2.15. The fourth-order valence-corrected chi connectivity index (χ4v) is 4.38. The minimum Gasteiger partial charge on any atom is -0.494 e. The van der Waals surface area contributed by atoms with Crippen molar-refractivity contribution in [2.45, 2.75) is 13.8 Å². The average molecular weight is 485 g/mol. The average Bonchev–Trinajstić information content (AvgIpc) is 2.73. The molecule has 166 valence electrons. The summed E-state index contributed by atoms with van der Waals surface area (Å²) in [6.45, 7) is 6.52. The number of hydrogen-bond donors (Lipinski definition) is 1. The van der Waals surface area contributed by atoms with Crippen molar-refractivity contribution in [3.63, 3.8) is 0 Å². The number of nitrogens with one attached hydrogen (secondary N) is 1. The van der Waals surface area contributed by atoms with Crippen LogP contribution < -0.4 is 15.0 Å². The highest BCUT2D eigenvalue weighted by Gasteiger charge is 2.24. The minimum atomic E-state index is -0.411. The summed E-state index contributed by atoms with van der Waals surface area (Å²) in [4.78, 5) is 28.9. The van der Waals surface area contributed by atoms with Crippen LogP contribution in [0.4, 0.5) is 11.4 Å². The number of piperazine rings is 1. The normalized spacial score (nSPS) is 14.0. The van der Waals surface area contributed by atoms with Gasteiger partial charge in [-0.2, -0.15) is 0 Å². The number of carbonyl (C=O) groups is 2. The van der Waals surface area contributed by atoms with Gasteiger partial charge in [0.25, 0.3) is 5.91 Å². The molecule has 2 amide bonds. The van der Waals surface area contributed by atoms with Crippen molar-refractivity contribution >= 4 is 58.0 Å². The van der Waals surface area contributed by atoms with Crippen molar-refractivity contribution in [1.82, 2.24) is 4.90 Å². The molecule has 0 spiro atoms. The number of ether oxygens (including phenoxy) is 1. The summed E-state index contributed by atoms with van der Waals surface area (Å²) in [5.74, 6) is -0.00244. The van der Waals surface area contributed by atoms with E-state index in [4.69, 9.17) is 39.5 Å². The lowest BCUT2D eigenvalue weighted by Crippen LogP contribution is -2.50. The maximum Gasteiger partial charge on any atom is 0.259 e. The molecular formula is C22H24Cl3N3O3. The van der Waals surface area contributed by atoms with E-state index in [1.54, 1.807) is 12.1 Å². The Bertz CT molecular complexity index is 989. The molecule has 3 rings (SSSR count). The molecule has 1 saturated heterocycles. The molecule has 0 atom stereocenters. The molecule has 6 nitrogen and oxygen atoms in total. The maximum absolute atomic E-state index is 12.8. The lowest BCUT2D eigenvalue weighted by atomic mass is 10.1. The van der Waals surface area contributed by atoms with Crippen LogP contribution in [0.25, 0.3) is 0 Å². The van der Waals surface area contributed by atoms with Crippen LogP contribution in [0.1, 0.15) is 24.2 Å². The first-order valence-electron chi connectivity index (χ1n) is 9.89. The molecule has 0 aliphatic carbocycles. The van der Waals surface area contributed by atoms with E-state index in [9.17, 15) is 9.59 Å². The summed E-state index contributed by atoms with van der Waals surface area (Å²) in [6, 6.07) is 8.34. The number of halogens is 3. The first kappa shape index (κ1) is 23.5. The highest BCUT2D eigenvalue weighted by Crippen LogP contribution is 2.34. The second-order valence-electron chi connectivity index (χ2n) is 7.56. The zero-order chi connectivity index (χ0) is 22.7. The third-order valence-corrected chi connectivity index (χ3v) is 5.89. The summed E-state index contributed by atoms with van der Waals surface area (Å²) in [7, 11) is 1.44. The minimum absolute atomic E-state index is 0.00830. The standard InChI is InChI=1S/C22H24Cl3N3O3/c1-13(2)22(30)28-8-6-27(7-9-28)19-5-4-15(12-17(19)24)26-21(29)16-10-14(23)11-18(25)20(16)31-3/h4-5,10-13H,6-9H2,1-3H3,(H,26,29). The predicted octanol–water partition coefficient (Wildman–Crippen LogP) is 5.21. The van der Waals surface area contributed by atoms with Crippen LogP contribution in [0.15, 0.2) is 30.3 Å². The highest BCUT2D eigenvalue weighted by molar-refractivity contribution is 6.36. The van der Waals surface area contributed by atoms with Crippen molar-refractivity contribution in [3.8, 4) is 5.75 Å². The largest absolute Gasteiger partial charge is 0.494 e. The van der Waals surface area contributed by atoms with Crippen LogP contribution in [0, 0.1) is 5.92 Å². The van der Waals surface area contributed by atoms with E-state index in [0.717, 1.165) is 5.69 Å². The van der Waals surface area contributed by atoms with Gasteiger partial charge in [0.05, 0.1) is 28.4 Å². The predicted molar refractivity (Wildman–Crippen MR) is 126 cm³/mol. The molecule has 31 heavy (non-hydrogen) atoms. The van der Waals surface area contributed by atoms with Crippen molar-refractivity contribution < 1.29 is 14.3 Å². The van der Waals surface area contributed by atoms with Crippen molar-refractivity contribution in [3.05, 3.63) is 51.0 Å². The highest BCUT2D eigenvalue weighted by atomic mass is 35.5. The van der Waals surface area contributed by atoms with E-state index in [2.05, 4.69) is 10.2 Å². The van der Waals surface area contributed by atoms with Crippen LogP contribution in [0.2, 0.25) is 15.1 Å². The van der Waals surface area contributed by atoms with Crippen LogP contribution in [0.3, 0.4) is 0 Å². The number of amides is 2. The number of carbonyl (C=O) groups excluding carboxylic acids is 2. The van der Waals surface area contributed by atoms with Gasteiger partial charge in [-0.3, -0.25) is 9.59 Å². The smallest absolute Gasteiger partial charge is 0.259 e. The molecule has 1 aliphatic rings. The molecule has 1 aliphatic heterocycles. The maximum atomic E-state index is 12.8. The molecule has 0 radical (unpaired) electrons. The molecular weight excluding hydrogens is 461 g/mol. The molecule has 0 bridgehead atoms. The summed E-state index contributed by atoms with van der Waals surface area (Å²) in [5, 5.41) is 3.90. The SMILES string of the molecule is COc1c(Cl)cc(Cl)cc1C(=O)Nc1ccc(N2CCN(C(=O)C(C)C)CC2)c(Cl)c1. The van der Waals surface area contributed by atoms with E-state index < -0.39 is 5.91 Å². The summed E-state index contributed by atoms with van der Waals surface area (Å²) < 4.78 is 5.24. The monoisotopic (exact) mass is 483 g/mol. The summed E-state index contributed by atoms with van der Waals surface area (Å²) in [6.07, 6.45) is 0. The number of nitrogens with zero attached hydrogens (tertiary/aromatic N) is 2. The second kappa shape index (κ2) is 9.98. The zero-order valence-corrected chi connectivity index (χ0v) is 19.8. The Balaban J connectivity index is 1.71. The number of benzene rings is 2. The molecule has 1 heterocycles. The Labute approximate surface area is 197 Å². The van der Waals surface area contributed by atoms with Gasteiger partial charge in [-0.1, -0.05) is 48.7 Å².